The maximum atomic E-state index is 13.9. The summed E-state index contributed by atoms with van der Waals surface area (Å²) < 4.78 is 28.6. The number of aromatic nitrogens is 3. The molecule has 0 radical (unpaired) electrons. The van der Waals surface area contributed by atoms with Crippen molar-refractivity contribution in [1.82, 2.24) is 14.8 Å². The summed E-state index contributed by atoms with van der Waals surface area (Å²) in [6, 6.07) is 3.81. The molecule has 2 aromatic rings. The molecule has 94 valence electrons. The fourth-order valence-electron chi connectivity index (χ4n) is 2.67. The highest BCUT2D eigenvalue weighted by atomic mass is 19.1. The van der Waals surface area contributed by atoms with Crippen LogP contribution in [0, 0.1) is 17.6 Å². The van der Waals surface area contributed by atoms with Crippen LogP contribution in [0.25, 0.3) is 0 Å². The Labute approximate surface area is 103 Å². The van der Waals surface area contributed by atoms with Gasteiger partial charge in [0.15, 0.2) is 0 Å². The van der Waals surface area contributed by atoms with Gasteiger partial charge in [0.2, 0.25) is 0 Å². The molecule has 1 heterocycles. The van der Waals surface area contributed by atoms with Crippen molar-refractivity contribution >= 4 is 0 Å². The van der Waals surface area contributed by atoms with Crippen molar-refractivity contribution in [2.75, 3.05) is 0 Å². The number of rotatable bonds is 3. The molecule has 1 aliphatic carbocycles. The van der Waals surface area contributed by atoms with Crippen LogP contribution >= 0.6 is 0 Å². The van der Waals surface area contributed by atoms with E-state index in [0.29, 0.717) is 18.0 Å². The first-order valence-electron chi connectivity index (χ1n) is 5.90. The third-order valence-electron chi connectivity index (χ3n) is 3.83. The van der Waals surface area contributed by atoms with Crippen molar-refractivity contribution in [3.05, 3.63) is 48.1 Å². The van der Waals surface area contributed by atoms with Gasteiger partial charge in [-0.3, -0.25) is 4.68 Å². The predicted octanol–water partition coefficient (Wildman–Crippen LogP) is 2.53. The number of benzene rings is 1. The maximum absolute atomic E-state index is 13.9. The first-order chi connectivity index (χ1) is 8.62. The van der Waals surface area contributed by atoms with Gasteiger partial charge in [-0.1, -0.05) is 13.0 Å². The smallest absolute Gasteiger partial charge is 0.137 e. The number of hydrogen-bond donors (Lipinski definition) is 0. The van der Waals surface area contributed by atoms with Crippen LogP contribution in [0.1, 0.15) is 18.9 Å². The van der Waals surface area contributed by atoms with Crippen molar-refractivity contribution in [1.29, 1.82) is 0 Å². The van der Waals surface area contributed by atoms with Gasteiger partial charge in [0.1, 0.15) is 24.3 Å². The van der Waals surface area contributed by atoms with Crippen LogP contribution in [-0.2, 0) is 12.0 Å². The number of hydrogen-bond acceptors (Lipinski definition) is 2. The van der Waals surface area contributed by atoms with Crippen molar-refractivity contribution < 1.29 is 8.78 Å². The molecule has 1 aliphatic rings. The second-order valence-corrected chi connectivity index (χ2v) is 4.98. The third kappa shape index (κ3) is 1.70. The fraction of sp³-hybridized carbons (Fsp3) is 0.385. The molecule has 0 N–H and O–H groups in total. The first kappa shape index (κ1) is 11.3. The Kier molecular flexibility index (Phi) is 2.43. The second-order valence-electron chi connectivity index (χ2n) is 4.98. The Morgan fingerprint density at radius 2 is 2.22 bits per heavy atom. The second kappa shape index (κ2) is 3.86. The summed E-state index contributed by atoms with van der Waals surface area (Å²) in [5, 5.41) is 4.06. The monoisotopic (exact) mass is 249 g/mol. The average molecular weight is 249 g/mol. The molecule has 0 aliphatic heterocycles. The molecular formula is C13H13F2N3. The Morgan fingerprint density at radius 1 is 1.44 bits per heavy atom. The molecule has 0 saturated heterocycles. The first-order valence-corrected chi connectivity index (χ1v) is 5.90. The van der Waals surface area contributed by atoms with Crippen LogP contribution in [0.5, 0.6) is 0 Å². The van der Waals surface area contributed by atoms with E-state index in [-0.39, 0.29) is 5.41 Å². The lowest BCUT2D eigenvalue weighted by atomic mass is 9.93. The molecule has 5 heteroatoms. The van der Waals surface area contributed by atoms with Gasteiger partial charge in [0.05, 0.1) is 6.54 Å². The van der Waals surface area contributed by atoms with Crippen LogP contribution in [0.4, 0.5) is 8.78 Å². The molecule has 0 amide bonds. The highest BCUT2D eigenvalue weighted by Crippen LogP contribution is 2.55. The van der Waals surface area contributed by atoms with Crippen molar-refractivity contribution in [3.8, 4) is 0 Å². The zero-order valence-corrected chi connectivity index (χ0v) is 9.98. The zero-order valence-electron chi connectivity index (χ0n) is 9.98. The SMILES string of the molecule is CC1CC1(Cn1cncn1)c1ccc(F)cc1F. The number of nitrogens with zero attached hydrogens (tertiary/aromatic N) is 3. The van der Waals surface area contributed by atoms with Crippen LogP contribution in [0.15, 0.2) is 30.9 Å². The van der Waals surface area contributed by atoms with E-state index < -0.39 is 11.6 Å². The van der Waals surface area contributed by atoms with Crippen LogP contribution in [0.2, 0.25) is 0 Å². The van der Waals surface area contributed by atoms with E-state index in [2.05, 4.69) is 17.0 Å². The van der Waals surface area contributed by atoms with E-state index in [0.717, 1.165) is 12.5 Å². The van der Waals surface area contributed by atoms with Gasteiger partial charge in [-0.15, -0.1) is 0 Å². The minimum atomic E-state index is -0.541. The van der Waals surface area contributed by atoms with Gasteiger partial charge in [-0.25, -0.2) is 13.8 Å². The van der Waals surface area contributed by atoms with E-state index >= 15 is 0 Å². The van der Waals surface area contributed by atoms with Crippen LogP contribution < -0.4 is 0 Å². The standard InChI is InChI=1S/C13H13F2N3/c1-9-5-13(9,6-18-8-16-7-17-18)11-3-2-10(14)4-12(11)15/h2-4,7-9H,5-6H2,1H3. The van der Waals surface area contributed by atoms with E-state index in [1.165, 1.54) is 12.4 Å². The molecule has 2 unspecified atom stereocenters. The molecule has 1 saturated carbocycles. The maximum Gasteiger partial charge on any atom is 0.137 e. The average Bonchev–Trinajstić information content (AvgIpc) is 2.75. The summed E-state index contributed by atoms with van der Waals surface area (Å²) >= 11 is 0. The van der Waals surface area contributed by atoms with Crippen LogP contribution in [-0.4, -0.2) is 14.8 Å². The predicted molar refractivity (Wildman–Crippen MR) is 61.8 cm³/mol. The van der Waals surface area contributed by atoms with Crippen molar-refractivity contribution in [2.45, 2.75) is 25.3 Å². The lowest BCUT2D eigenvalue weighted by Gasteiger charge is -2.17. The number of halogens is 2. The molecular weight excluding hydrogens is 236 g/mol. The summed E-state index contributed by atoms with van der Waals surface area (Å²) in [5.41, 5.74) is 0.303. The van der Waals surface area contributed by atoms with Gasteiger partial charge in [-0.2, -0.15) is 5.10 Å². The summed E-state index contributed by atoms with van der Waals surface area (Å²) in [4.78, 5) is 3.89. The molecule has 2 atom stereocenters. The van der Waals surface area contributed by atoms with Gasteiger partial charge in [0, 0.05) is 11.5 Å². The van der Waals surface area contributed by atoms with Gasteiger partial charge < -0.3 is 0 Å². The normalized spacial score (nSPS) is 26.3. The van der Waals surface area contributed by atoms with E-state index in [1.54, 1.807) is 17.1 Å². The summed E-state index contributed by atoms with van der Waals surface area (Å²) in [5.74, 6) is -0.651. The molecule has 1 aromatic carbocycles. The van der Waals surface area contributed by atoms with Crippen molar-refractivity contribution in [3.63, 3.8) is 0 Å². The highest BCUT2D eigenvalue weighted by molar-refractivity contribution is 5.34. The Hall–Kier alpha value is -1.78. The summed E-state index contributed by atoms with van der Waals surface area (Å²) in [7, 11) is 0. The fourth-order valence-corrected chi connectivity index (χ4v) is 2.67. The molecule has 0 spiro atoms. The Balaban J connectivity index is 1.97. The molecule has 18 heavy (non-hydrogen) atoms. The van der Waals surface area contributed by atoms with E-state index in [9.17, 15) is 8.78 Å². The van der Waals surface area contributed by atoms with Gasteiger partial charge in [-0.05, 0) is 24.0 Å². The Bertz CT molecular complexity index is 568. The molecule has 3 rings (SSSR count). The minimum Gasteiger partial charge on any atom is -0.252 e. The van der Waals surface area contributed by atoms with Gasteiger partial charge >= 0.3 is 0 Å². The summed E-state index contributed by atoms with van der Waals surface area (Å²) in [6.07, 6.45) is 3.96. The quantitative estimate of drug-likeness (QED) is 0.837. The highest BCUT2D eigenvalue weighted by Gasteiger charge is 2.54. The van der Waals surface area contributed by atoms with Crippen molar-refractivity contribution in [2.24, 2.45) is 5.92 Å². The third-order valence-corrected chi connectivity index (χ3v) is 3.83. The molecule has 1 aromatic heterocycles. The summed E-state index contributed by atoms with van der Waals surface area (Å²) in [6.45, 7) is 2.65. The lowest BCUT2D eigenvalue weighted by molar-refractivity contribution is 0.451. The lowest BCUT2D eigenvalue weighted by Crippen LogP contribution is -2.20. The topological polar surface area (TPSA) is 30.7 Å². The molecule has 3 nitrogen and oxygen atoms in total. The molecule has 1 fully saturated rings. The van der Waals surface area contributed by atoms with E-state index in [4.69, 9.17) is 0 Å². The molecule has 0 bridgehead atoms. The van der Waals surface area contributed by atoms with Gasteiger partial charge in [0.25, 0.3) is 0 Å². The van der Waals surface area contributed by atoms with Crippen LogP contribution in [0.3, 0.4) is 0 Å². The van der Waals surface area contributed by atoms with E-state index in [1.807, 2.05) is 0 Å². The largest absolute Gasteiger partial charge is 0.252 e. The Morgan fingerprint density at radius 3 is 2.78 bits per heavy atom. The minimum absolute atomic E-state index is 0.272. The zero-order chi connectivity index (χ0) is 12.8.